The first-order chi connectivity index (χ1) is 12.9. The molecule has 1 aromatic carbocycles. The highest BCUT2D eigenvalue weighted by Crippen LogP contribution is 2.23. The maximum Gasteiger partial charge on any atom is 0.401 e. The monoisotopic (exact) mass is 512 g/mol. The van der Waals surface area contributed by atoms with Crippen molar-refractivity contribution >= 4 is 29.9 Å². The Morgan fingerprint density at radius 2 is 1.71 bits per heavy atom. The topological polar surface area (TPSA) is 39.7 Å². The van der Waals surface area contributed by atoms with Gasteiger partial charge in [-0.15, -0.1) is 24.0 Å². The Balaban J connectivity index is 0.00000392. The quantitative estimate of drug-likeness (QED) is 0.330. The number of hydrogen-bond acceptors (Lipinski definition) is 2. The van der Waals surface area contributed by atoms with Crippen LogP contribution in [0.2, 0.25) is 0 Å². The Morgan fingerprint density at radius 3 is 2.29 bits per heavy atom. The van der Waals surface area contributed by atoms with Gasteiger partial charge < -0.3 is 10.6 Å². The van der Waals surface area contributed by atoms with Crippen LogP contribution in [0.25, 0.3) is 0 Å². The number of guanidine groups is 1. The summed E-state index contributed by atoms with van der Waals surface area (Å²) in [5.74, 6) is 1.25. The van der Waals surface area contributed by atoms with Crippen molar-refractivity contribution in [2.24, 2.45) is 10.9 Å². The number of likely N-dealkylation sites (tertiary alicyclic amines) is 1. The van der Waals surface area contributed by atoms with Gasteiger partial charge >= 0.3 is 6.18 Å². The molecule has 160 valence electrons. The van der Waals surface area contributed by atoms with Crippen LogP contribution in [0, 0.1) is 12.8 Å². The molecular formula is C20H32F3IN4. The highest BCUT2D eigenvalue weighted by Gasteiger charge is 2.32. The average molecular weight is 512 g/mol. The highest BCUT2D eigenvalue weighted by atomic mass is 127. The van der Waals surface area contributed by atoms with Crippen molar-refractivity contribution < 1.29 is 13.2 Å². The van der Waals surface area contributed by atoms with E-state index in [0.717, 1.165) is 44.7 Å². The number of hydrogen-bond donors (Lipinski definition) is 2. The van der Waals surface area contributed by atoms with Gasteiger partial charge in [-0.3, -0.25) is 9.89 Å². The maximum absolute atomic E-state index is 12.4. The largest absolute Gasteiger partial charge is 0.401 e. The van der Waals surface area contributed by atoms with Gasteiger partial charge in [-0.2, -0.15) is 13.2 Å². The first-order valence-corrected chi connectivity index (χ1v) is 9.65. The van der Waals surface area contributed by atoms with Gasteiger partial charge in [-0.1, -0.05) is 29.8 Å². The summed E-state index contributed by atoms with van der Waals surface area (Å²) in [7, 11) is 1.75. The van der Waals surface area contributed by atoms with Gasteiger partial charge in [0.05, 0.1) is 6.54 Å². The number of halogens is 4. The molecule has 0 aromatic heterocycles. The second-order valence-corrected chi connectivity index (χ2v) is 7.28. The first kappa shape index (κ1) is 25.0. The third-order valence-electron chi connectivity index (χ3n) is 5.01. The summed E-state index contributed by atoms with van der Waals surface area (Å²) in [4.78, 5) is 5.74. The summed E-state index contributed by atoms with van der Waals surface area (Å²) in [6.07, 6.45) is -0.545. The molecular weight excluding hydrogens is 480 g/mol. The molecule has 1 aliphatic rings. The molecule has 8 heteroatoms. The molecule has 2 N–H and O–H groups in total. The first-order valence-electron chi connectivity index (χ1n) is 9.65. The third kappa shape index (κ3) is 9.95. The zero-order valence-corrected chi connectivity index (χ0v) is 19.0. The normalized spacial score (nSPS) is 16.5. The van der Waals surface area contributed by atoms with Gasteiger partial charge in [0.1, 0.15) is 0 Å². The molecule has 0 saturated carbocycles. The fourth-order valence-corrected chi connectivity index (χ4v) is 3.38. The van der Waals surface area contributed by atoms with Crippen LogP contribution in [0.15, 0.2) is 29.3 Å². The molecule has 1 heterocycles. The van der Waals surface area contributed by atoms with Gasteiger partial charge in [-0.25, -0.2) is 0 Å². The second-order valence-electron chi connectivity index (χ2n) is 7.28. The number of nitrogens with zero attached hydrogens (tertiary/aromatic N) is 2. The van der Waals surface area contributed by atoms with Gasteiger partial charge in [0, 0.05) is 20.1 Å². The molecule has 0 bridgehead atoms. The Hall–Kier alpha value is -1.03. The van der Waals surface area contributed by atoms with Crippen LogP contribution in [0.1, 0.15) is 30.4 Å². The van der Waals surface area contributed by atoms with Crippen LogP contribution in [0.4, 0.5) is 13.2 Å². The van der Waals surface area contributed by atoms with E-state index in [9.17, 15) is 13.2 Å². The van der Waals surface area contributed by atoms with E-state index < -0.39 is 12.7 Å². The minimum absolute atomic E-state index is 0. The van der Waals surface area contributed by atoms with Gasteiger partial charge in [0.15, 0.2) is 5.96 Å². The molecule has 2 rings (SSSR count). The molecule has 0 radical (unpaired) electrons. The lowest BCUT2D eigenvalue weighted by Gasteiger charge is -2.32. The fraction of sp³-hybridized carbons (Fsp3) is 0.650. The number of alkyl halides is 3. The summed E-state index contributed by atoms with van der Waals surface area (Å²) in [6.45, 7) is 3.96. The minimum atomic E-state index is -4.09. The lowest BCUT2D eigenvalue weighted by molar-refractivity contribution is -0.148. The Labute approximate surface area is 183 Å². The number of aryl methyl sites for hydroxylation is 1. The fourth-order valence-electron chi connectivity index (χ4n) is 3.38. The lowest BCUT2D eigenvalue weighted by Crippen LogP contribution is -2.42. The zero-order valence-electron chi connectivity index (χ0n) is 16.7. The van der Waals surface area contributed by atoms with E-state index in [1.165, 1.54) is 16.0 Å². The molecule has 0 spiro atoms. The van der Waals surface area contributed by atoms with Gasteiger partial charge in [-0.05, 0) is 57.2 Å². The van der Waals surface area contributed by atoms with Gasteiger partial charge in [0.2, 0.25) is 0 Å². The van der Waals surface area contributed by atoms with Crippen molar-refractivity contribution in [3.8, 4) is 0 Å². The van der Waals surface area contributed by atoms with Crippen molar-refractivity contribution in [3.05, 3.63) is 35.4 Å². The third-order valence-corrected chi connectivity index (χ3v) is 5.01. The van der Waals surface area contributed by atoms with E-state index in [-0.39, 0.29) is 24.0 Å². The van der Waals surface area contributed by atoms with Crippen molar-refractivity contribution in [3.63, 3.8) is 0 Å². The zero-order chi connectivity index (χ0) is 19.7. The van der Waals surface area contributed by atoms with E-state index >= 15 is 0 Å². The Bertz CT molecular complexity index is 582. The average Bonchev–Trinajstić information content (AvgIpc) is 2.62. The van der Waals surface area contributed by atoms with Crippen LogP contribution in [0.5, 0.6) is 0 Å². The van der Waals surface area contributed by atoms with E-state index in [0.29, 0.717) is 19.0 Å². The molecule has 1 aromatic rings. The molecule has 0 unspecified atom stereocenters. The maximum atomic E-state index is 12.4. The van der Waals surface area contributed by atoms with Crippen LogP contribution in [0.3, 0.4) is 0 Å². The van der Waals surface area contributed by atoms with Gasteiger partial charge in [0.25, 0.3) is 0 Å². The smallest absolute Gasteiger partial charge is 0.356 e. The predicted molar refractivity (Wildman–Crippen MR) is 119 cm³/mol. The standard InChI is InChI=1S/C20H31F3N4.HI/c1-16-3-5-17(6-4-16)7-11-25-19(24-2)26-12-8-18-9-13-27(14-10-18)15-20(21,22)23;/h3-6,18H,7-15H2,1-2H3,(H2,24,25,26);1H. The number of nitrogens with one attached hydrogen (secondary N) is 2. The molecule has 1 saturated heterocycles. The number of benzene rings is 1. The van der Waals surface area contributed by atoms with Crippen molar-refractivity contribution in [1.29, 1.82) is 0 Å². The van der Waals surface area contributed by atoms with E-state index in [4.69, 9.17) is 0 Å². The van der Waals surface area contributed by atoms with Crippen molar-refractivity contribution in [2.45, 2.75) is 38.8 Å². The summed E-state index contributed by atoms with van der Waals surface area (Å²) in [5, 5.41) is 6.62. The second kappa shape index (κ2) is 12.5. The number of aliphatic imine (C=N–C) groups is 1. The van der Waals surface area contributed by atoms with Crippen LogP contribution >= 0.6 is 24.0 Å². The van der Waals surface area contributed by atoms with E-state index in [2.05, 4.69) is 46.8 Å². The summed E-state index contributed by atoms with van der Waals surface area (Å²) in [6, 6.07) is 8.50. The highest BCUT2D eigenvalue weighted by molar-refractivity contribution is 14.0. The predicted octanol–water partition coefficient (Wildman–Crippen LogP) is 3.98. The lowest BCUT2D eigenvalue weighted by atomic mass is 9.93. The summed E-state index contributed by atoms with van der Waals surface area (Å²) >= 11 is 0. The van der Waals surface area contributed by atoms with Crippen LogP contribution in [-0.4, -0.2) is 56.8 Å². The molecule has 0 amide bonds. The van der Waals surface area contributed by atoms with Crippen molar-refractivity contribution in [2.75, 3.05) is 39.8 Å². The van der Waals surface area contributed by atoms with Crippen LogP contribution in [-0.2, 0) is 6.42 Å². The van der Waals surface area contributed by atoms with E-state index in [1.54, 1.807) is 7.05 Å². The molecule has 0 aliphatic carbocycles. The van der Waals surface area contributed by atoms with Crippen LogP contribution < -0.4 is 10.6 Å². The summed E-state index contributed by atoms with van der Waals surface area (Å²) < 4.78 is 37.3. The number of piperidine rings is 1. The van der Waals surface area contributed by atoms with E-state index in [1.807, 2.05) is 0 Å². The molecule has 28 heavy (non-hydrogen) atoms. The number of rotatable bonds is 7. The minimum Gasteiger partial charge on any atom is -0.356 e. The molecule has 1 fully saturated rings. The SMILES string of the molecule is CN=C(NCCc1ccc(C)cc1)NCCC1CCN(CC(F)(F)F)CC1.I. The Morgan fingerprint density at radius 1 is 1.11 bits per heavy atom. The molecule has 4 nitrogen and oxygen atoms in total. The van der Waals surface area contributed by atoms with Crippen molar-refractivity contribution in [1.82, 2.24) is 15.5 Å². The molecule has 0 atom stereocenters. The Kier molecular flexibility index (Phi) is 11.2. The molecule has 1 aliphatic heterocycles. The summed E-state index contributed by atoms with van der Waals surface area (Å²) in [5.41, 5.74) is 2.54.